The van der Waals surface area contributed by atoms with Crippen molar-refractivity contribution in [2.24, 2.45) is 0 Å². The zero-order valence-electron chi connectivity index (χ0n) is 13.7. The molecular formula is C18H18BN4O2. The summed E-state index contributed by atoms with van der Waals surface area (Å²) < 4.78 is 0. The summed E-state index contributed by atoms with van der Waals surface area (Å²) in [4.78, 5) is 21.0. The minimum Gasteiger partial charge on any atom is -0.465 e. The van der Waals surface area contributed by atoms with Crippen LogP contribution in [-0.2, 0) is 0 Å². The van der Waals surface area contributed by atoms with Gasteiger partial charge in [-0.1, -0.05) is 12.6 Å². The number of benzene rings is 2. The summed E-state index contributed by atoms with van der Waals surface area (Å²) in [5, 5.41) is 11.2. The number of nitrogens with one attached hydrogen (secondary N) is 2. The Bertz CT molecular complexity index is 901. The second kappa shape index (κ2) is 6.51. The number of hydrogen-bond donors (Lipinski definition) is 3. The number of rotatable bonds is 3. The molecule has 0 saturated carbocycles. The maximum Gasteiger partial charge on any atom is 0.409 e. The lowest BCUT2D eigenvalue weighted by atomic mass is 9.68. The highest BCUT2D eigenvalue weighted by molar-refractivity contribution is 6.36. The van der Waals surface area contributed by atoms with E-state index in [4.69, 9.17) is 5.11 Å². The normalized spacial score (nSPS) is 14.3. The molecule has 1 radical (unpaired) electrons. The van der Waals surface area contributed by atoms with Crippen LogP contribution in [0.3, 0.4) is 0 Å². The SMILES string of the molecule is O=C(O)Nc1ccc2nc(-c3ccc(N4CC[B]CC4)cc3)[nH]c2c1. The number of nitrogens with zero attached hydrogens (tertiary/aromatic N) is 2. The predicted molar refractivity (Wildman–Crippen MR) is 101 cm³/mol. The second-order valence-corrected chi connectivity index (χ2v) is 6.15. The van der Waals surface area contributed by atoms with E-state index in [1.807, 2.05) is 0 Å². The average molecular weight is 333 g/mol. The standard InChI is InChI=1S/C18H18BN4O2/c24-18(25)20-13-3-6-15-16(11-13)22-17(21-15)12-1-4-14(5-2-12)23-9-7-19-8-10-23/h1-6,11,20H,7-10H2,(H,21,22)(H,24,25). The van der Waals surface area contributed by atoms with Crippen LogP contribution in [0.5, 0.6) is 0 Å². The van der Waals surface area contributed by atoms with Crippen molar-refractivity contribution in [3.63, 3.8) is 0 Å². The highest BCUT2D eigenvalue weighted by Crippen LogP contribution is 2.26. The molecule has 1 aliphatic rings. The summed E-state index contributed by atoms with van der Waals surface area (Å²) in [6.45, 7) is 2.15. The number of fused-ring (bicyclic) bond motifs is 1. The van der Waals surface area contributed by atoms with Crippen LogP contribution in [0, 0.1) is 0 Å². The summed E-state index contributed by atoms with van der Waals surface area (Å²) in [5.41, 5.74) is 4.38. The first kappa shape index (κ1) is 15.6. The second-order valence-electron chi connectivity index (χ2n) is 6.15. The van der Waals surface area contributed by atoms with Gasteiger partial charge in [-0.05, 0) is 42.5 Å². The van der Waals surface area contributed by atoms with Gasteiger partial charge in [0.2, 0.25) is 0 Å². The Labute approximate surface area is 146 Å². The minimum atomic E-state index is -1.08. The van der Waals surface area contributed by atoms with E-state index in [-0.39, 0.29) is 0 Å². The smallest absolute Gasteiger partial charge is 0.409 e. The van der Waals surface area contributed by atoms with Gasteiger partial charge in [-0.3, -0.25) is 5.32 Å². The molecule has 1 saturated heterocycles. The van der Waals surface area contributed by atoms with Crippen molar-refractivity contribution in [2.45, 2.75) is 12.6 Å². The molecule has 125 valence electrons. The minimum absolute atomic E-state index is 0.521. The Kier molecular flexibility index (Phi) is 4.05. The molecule has 1 fully saturated rings. The first-order valence-electron chi connectivity index (χ1n) is 8.36. The Morgan fingerprint density at radius 1 is 1.16 bits per heavy atom. The van der Waals surface area contributed by atoms with E-state index in [9.17, 15) is 4.79 Å². The van der Waals surface area contributed by atoms with Crippen LogP contribution in [0.2, 0.25) is 12.6 Å². The first-order chi connectivity index (χ1) is 12.2. The molecule has 3 N–H and O–H groups in total. The molecule has 3 aromatic rings. The number of carboxylic acid groups (broad SMARTS) is 1. The highest BCUT2D eigenvalue weighted by Gasteiger charge is 2.12. The monoisotopic (exact) mass is 333 g/mol. The van der Waals surface area contributed by atoms with Crippen molar-refractivity contribution >= 4 is 35.8 Å². The molecule has 25 heavy (non-hydrogen) atoms. The zero-order chi connectivity index (χ0) is 17.2. The van der Waals surface area contributed by atoms with Crippen molar-refractivity contribution in [3.05, 3.63) is 42.5 Å². The third-order valence-corrected chi connectivity index (χ3v) is 4.45. The van der Waals surface area contributed by atoms with Gasteiger partial charge in [0.25, 0.3) is 0 Å². The van der Waals surface area contributed by atoms with Crippen molar-refractivity contribution in [3.8, 4) is 11.4 Å². The van der Waals surface area contributed by atoms with E-state index in [2.05, 4.69) is 51.7 Å². The Morgan fingerprint density at radius 3 is 2.64 bits per heavy atom. The summed E-state index contributed by atoms with van der Waals surface area (Å²) in [6, 6.07) is 13.7. The molecule has 2 aromatic carbocycles. The van der Waals surface area contributed by atoms with Gasteiger partial charge < -0.3 is 15.0 Å². The fourth-order valence-electron chi connectivity index (χ4n) is 3.19. The molecule has 0 atom stereocenters. The van der Waals surface area contributed by atoms with E-state index in [1.165, 1.54) is 5.69 Å². The third kappa shape index (κ3) is 3.31. The molecule has 0 spiro atoms. The summed E-state index contributed by atoms with van der Waals surface area (Å²) in [7, 11) is 2.34. The van der Waals surface area contributed by atoms with Gasteiger partial charge in [-0.15, -0.1) is 0 Å². The maximum atomic E-state index is 10.8. The average Bonchev–Trinajstić information content (AvgIpc) is 3.05. The van der Waals surface area contributed by atoms with E-state index < -0.39 is 6.09 Å². The lowest BCUT2D eigenvalue weighted by molar-refractivity contribution is 0.210. The lowest BCUT2D eigenvalue weighted by Crippen LogP contribution is -2.31. The van der Waals surface area contributed by atoms with Gasteiger partial charge in [0.1, 0.15) is 13.1 Å². The van der Waals surface area contributed by atoms with Crippen LogP contribution in [0.4, 0.5) is 16.2 Å². The van der Waals surface area contributed by atoms with Crippen LogP contribution in [0.15, 0.2) is 42.5 Å². The number of carbonyl (C=O) groups is 1. The van der Waals surface area contributed by atoms with E-state index in [0.29, 0.717) is 5.69 Å². The van der Waals surface area contributed by atoms with Gasteiger partial charge in [-0.2, -0.15) is 0 Å². The molecule has 1 amide bonds. The van der Waals surface area contributed by atoms with E-state index >= 15 is 0 Å². The Balaban J connectivity index is 1.59. The zero-order valence-corrected chi connectivity index (χ0v) is 13.7. The van der Waals surface area contributed by atoms with Gasteiger partial charge in [0.15, 0.2) is 0 Å². The molecule has 0 bridgehead atoms. The largest absolute Gasteiger partial charge is 0.465 e. The van der Waals surface area contributed by atoms with Crippen LogP contribution in [0.25, 0.3) is 22.4 Å². The van der Waals surface area contributed by atoms with Crippen LogP contribution in [-0.4, -0.2) is 41.5 Å². The number of aromatic nitrogens is 2. The van der Waals surface area contributed by atoms with E-state index in [1.54, 1.807) is 18.2 Å². The lowest BCUT2D eigenvalue weighted by Gasteiger charge is -2.28. The fraction of sp³-hybridized carbons (Fsp3) is 0.222. The van der Waals surface area contributed by atoms with Crippen LogP contribution in [0.1, 0.15) is 0 Å². The molecular weight excluding hydrogens is 315 g/mol. The fourth-order valence-corrected chi connectivity index (χ4v) is 3.19. The first-order valence-corrected chi connectivity index (χ1v) is 8.36. The molecule has 2 heterocycles. The molecule has 6 nitrogen and oxygen atoms in total. The number of hydrogen-bond acceptors (Lipinski definition) is 3. The summed E-state index contributed by atoms with van der Waals surface area (Å²) in [5.74, 6) is 0.779. The highest BCUT2D eigenvalue weighted by atomic mass is 16.4. The van der Waals surface area contributed by atoms with Crippen molar-refractivity contribution in [1.29, 1.82) is 0 Å². The molecule has 1 aliphatic heterocycles. The number of imidazole rings is 1. The quantitative estimate of drug-likeness (QED) is 0.639. The Morgan fingerprint density at radius 2 is 1.92 bits per heavy atom. The van der Waals surface area contributed by atoms with Crippen LogP contribution < -0.4 is 10.2 Å². The summed E-state index contributed by atoms with van der Waals surface area (Å²) >= 11 is 0. The van der Waals surface area contributed by atoms with Crippen molar-refractivity contribution < 1.29 is 9.90 Å². The van der Waals surface area contributed by atoms with E-state index in [0.717, 1.165) is 48.2 Å². The maximum absolute atomic E-state index is 10.8. The molecule has 7 heteroatoms. The third-order valence-electron chi connectivity index (χ3n) is 4.45. The molecule has 4 rings (SSSR count). The number of amides is 1. The van der Waals surface area contributed by atoms with Crippen LogP contribution >= 0.6 is 0 Å². The van der Waals surface area contributed by atoms with Gasteiger partial charge >= 0.3 is 6.09 Å². The number of aromatic amines is 1. The molecule has 0 unspecified atom stereocenters. The topological polar surface area (TPSA) is 81.2 Å². The summed E-state index contributed by atoms with van der Waals surface area (Å²) in [6.07, 6.45) is 1.20. The number of H-pyrrole nitrogens is 1. The van der Waals surface area contributed by atoms with Gasteiger partial charge in [-0.25, -0.2) is 9.78 Å². The van der Waals surface area contributed by atoms with Gasteiger partial charge in [0.05, 0.1) is 11.0 Å². The number of anilines is 2. The molecule has 0 aliphatic carbocycles. The molecule has 1 aromatic heterocycles. The Hall–Kier alpha value is -2.96. The predicted octanol–water partition coefficient (Wildman–Crippen LogP) is 3.68. The van der Waals surface area contributed by atoms with Crippen molar-refractivity contribution in [1.82, 2.24) is 9.97 Å². The van der Waals surface area contributed by atoms with Gasteiger partial charge in [0, 0.05) is 30.0 Å². The van der Waals surface area contributed by atoms with Crippen molar-refractivity contribution in [2.75, 3.05) is 23.3 Å².